The van der Waals surface area contributed by atoms with Crippen LogP contribution in [0.3, 0.4) is 0 Å². The predicted molar refractivity (Wildman–Crippen MR) is 99.7 cm³/mol. The molecule has 0 aliphatic rings. The van der Waals surface area contributed by atoms with Gasteiger partial charge in [-0.05, 0) is 32.0 Å². The highest BCUT2D eigenvalue weighted by molar-refractivity contribution is 7.71. The molecule has 1 aromatic heterocycles. The number of hydrogen-bond acceptors (Lipinski definition) is 7. The first-order valence-electron chi connectivity index (χ1n) is 8.13. The van der Waals surface area contributed by atoms with Crippen LogP contribution in [0.15, 0.2) is 36.4 Å². The Morgan fingerprint density at radius 1 is 1.31 bits per heavy atom. The van der Waals surface area contributed by atoms with Gasteiger partial charge in [-0.25, -0.2) is 0 Å². The number of nitrogens with one attached hydrogen (secondary N) is 2. The van der Waals surface area contributed by atoms with Crippen molar-refractivity contribution in [2.24, 2.45) is 0 Å². The highest BCUT2D eigenvalue weighted by Crippen LogP contribution is 2.16. The molecule has 1 unspecified atom stereocenters. The third-order valence-electron chi connectivity index (χ3n) is 3.49. The number of aromatic nitrogens is 2. The number of ether oxygens (including phenoxy) is 2. The van der Waals surface area contributed by atoms with Crippen LogP contribution < -0.4 is 14.8 Å². The lowest BCUT2D eigenvalue weighted by Crippen LogP contribution is -2.48. The van der Waals surface area contributed by atoms with Gasteiger partial charge >= 0.3 is 0 Å². The van der Waals surface area contributed by atoms with Crippen molar-refractivity contribution in [2.45, 2.75) is 25.5 Å². The standard InChI is InChI=1S/C18H22N4O3S/c1-18(2,12-25-16-7-8-17(26)22-21-16)20-10-14(23)11-24-15-6-4-3-5-13(15)9-19/h3-8,14,20,23H,10-12H2,1-2H3,(H,22,26). The molecule has 0 saturated heterocycles. The Morgan fingerprint density at radius 2 is 2.08 bits per heavy atom. The average Bonchev–Trinajstić information content (AvgIpc) is 2.64. The lowest BCUT2D eigenvalue weighted by atomic mass is 10.1. The molecule has 26 heavy (non-hydrogen) atoms. The molecular formula is C18H22N4O3S. The highest BCUT2D eigenvalue weighted by Gasteiger charge is 2.20. The molecule has 2 rings (SSSR count). The Bertz CT molecular complexity index is 796. The summed E-state index contributed by atoms with van der Waals surface area (Å²) in [5, 5.41) is 29.0. The number of aliphatic hydroxyl groups is 1. The second kappa shape index (κ2) is 9.29. The lowest BCUT2D eigenvalue weighted by molar-refractivity contribution is 0.0921. The van der Waals surface area contributed by atoms with Crippen LogP contribution in [0.25, 0.3) is 0 Å². The monoisotopic (exact) mass is 374 g/mol. The molecule has 138 valence electrons. The molecule has 0 spiro atoms. The van der Waals surface area contributed by atoms with E-state index in [9.17, 15) is 5.11 Å². The van der Waals surface area contributed by atoms with Gasteiger partial charge in [0.15, 0.2) is 0 Å². The molecule has 7 nitrogen and oxygen atoms in total. The summed E-state index contributed by atoms with van der Waals surface area (Å²) in [5.41, 5.74) is 0.0515. The minimum atomic E-state index is -0.730. The lowest BCUT2D eigenvalue weighted by Gasteiger charge is -2.27. The van der Waals surface area contributed by atoms with Gasteiger partial charge in [0.2, 0.25) is 5.88 Å². The molecule has 2 aromatic rings. The number of β-amino-alcohol motifs (C(OH)–C–C–N with tert-alkyl or cyclic N) is 1. The van der Waals surface area contributed by atoms with Crippen molar-refractivity contribution >= 4 is 12.2 Å². The van der Waals surface area contributed by atoms with Crippen molar-refractivity contribution in [3.8, 4) is 17.7 Å². The van der Waals surface area contributed by atoms with Crippen LogP contribution in [0.5, 0.6) is 11.6 Å². The van der Waals surface area contributed by atoms with Crippen molar-refractivity contribution < 1.29 is 14.6 Å². The number of hydrogen-bond donors (Lipinski definition) is 3. The normalized spacial score (nSPS) is 12.2. The predicted octanol–water partition coefficient (Wildman–Crippen LogP) is 2.20. The SMILES string of the molecule is CC(C)(COc1ccc(=S)[nH]n1)NCC(O)COc1ccccc1C#N. The summed E-state index contributed by atoms with van der Waals surface area (Å²) in [4.78, 5) is 0. The number of nitrogens with zero attached hydrogens (tertiary/aromatic N) is 2. The van der Waals surface area contributed by atoms with E-state index < -0.39 is 6.10 Å². The van der Waals surface area contributed by atoms with Crippen LogP contribution in [0.2, 0.25) is 0 Å². The maximum absolute atomic E-state index is 10.1. The van der Waals surface area contributed by atoms with Crippen molar-refractivity contribution in [1.29, 1.82) is 5.26 Å². The summed E-state index contributed by atoms with van der Waals surface area (Å²) in [5.74, 6) is 0.912. The number of H-pyrrole nitrogens is 1. The van der Waals surface area contributed by atoms with Crippen molar-refractivity contribution in [3.63, 3.8) is 0 Å². The van der Waals surface area contributed by atoms with E-state index in [-0.39, 0.29) is 12.1 Å². The summed E-state index contributed by atoms with van der Waals surface area (Å²) in [6, 6.07) is 12.4. The summed E-state index contributed by atoms with van der Waals surface area (Å²) in [7, 11) is 0. The summed E-state index contributed by atoms with van der Waals surface area (Å²) >= 11 is 4.93. The van der Waals surface area contributed by atoms with E-state index in [1.807, 2.05) is 13.8 Å². The van der Waals surface area contributed by atoms with Crippen LogP contribution >= 0.6 is 12.2 Å². The highest BCUT2D eigenvalue weighted by atomic mass is 32.1. The molecule has 0 bridgehead atoms. The zero-order valence-electron chi connectivity index (χ0n) is 14.7. The second-order valence-electron chi connectivity index (χ2n) is 6.39. The minimum absolute atomic E-state index is 0.0828. The van der Waals surface area contributed by atoms with Gasteiger partial charge in [-0.2, -0.15) is 5.26 Å². The van der Waals surface area contributed by atoms with E-state index in [1.165, 1.54) is 0 Å². The molecular weight excluding hydrogens is 352 g/mol. The smallest absolute Gasteiger partial charge is 0.231 e. The van der Waals surface area contributed by atoms with Gasteiger partial charge in [-0.15, -0.1) is 5.10 Å². The van der Waals surface area contributed by atoms with Gasteiger partial charge in [0.05, 0.1) is 5.56 Å². The van der Waals surface area contributed by atoms with E-state index >= 15 is 0 Å². The fraction of sp³-hybridized carbons (Fsp3) is 0.389. The number of nitriles is 1. The largest absolute Gasteiger partial charge is 0.489 e. The Labute approximate surface area is 157 Å². The first kappa shape index (κ1) is 19.8. The molecule has 1 atom stereocenters. The number of aliphatic hydroxyl groups excluding tert-OH is 1. The fourth-order valence-corrected chi connectivity index (χ4v) is 2.16. The van der Waals surface area contributed by atoms with Crippen LogP contribution in [-0.4, -0.2) is 46.7 Å². The number of rotatable bonds is 9. The first-order chi connectivity index (χ1) is 12.4. The third kappa shape index (κ3) is 6.44. The average molecular weight is 374 g/mol. The van der Waals surface area contributed by atoms with E-state index in [0.29, 0.717) is 35.0 Å². The molecule has 1 heterocycles. The first-order valence-corrected chi connectivity index (χ1v) is 8.54. The molecule has 1 aromatic carbocycles. The molecule has 0 aliphatic heterocycles. The van der Waals surface area contributed by atoms with Crippen molar-refractivity contribution in [1.82, 2.24) is 15.5 Å². The van der Waals surface area contributed by atoms with Gasteiger partial charge < -0.3 is 19.9 Å². The van der Waals surface area contributed by atoms with E-state index in [1.54, 1.807) is 36.4 Å². The molecule has 0 radical (unpaired) electrons. The Morgan fingerprint density at radius 3 is 2.77 bits per heavy atom. The molecule has 0 fully saturated rings. The second-order valence-corrected chi connectivity index (χ2v) is 6.83. The maximum atomic E-state index is 10.1. The van der Waals surface area contributed by atoms with Gasteiger partial charge in [0.1, 0.15) is 35.8 Å². The molecule has 3 N–H and O–H groups in total. The zero-order valence-corrected chi connectivity index (χ0v) is 15.5. The van der Waals surface area contributed by atoms with Crippen molar-refractivity contribution in [3.05, 3.63) is 46.6 Å². The summed E-state index contributed by atoms with van der Waals surface area (Å²) < 4.78 is 11.7. The Kier molecular flexibility index (Phi) is 7.09. The molecule has 0 aliphatic carbocycles. The number of para-hydroxylation sites is 1. The van der Waals surface area contributed by atoms with Gasteiger partial charge in [-0.1, -0.05) is 24.4 Å². The van der Waals surface area contributed by atoms with Crippen molar-refractivity contribution in [2.75, 3.05) is 19.8 Å². The zero-order chi connectivity index (χ0) is 19.0. The van der Waals surface area contributed by atoms with E-state index in [2.05, 4.69) is 21.6 Å². The van der Waals surface area contributed by atoms with Crippen LogP contribution in [-0.2, 0) is 0 Å². The van der Waals surface area contributed by atoms with Gasteiger partial charge in [0.25, 0.3) is 0 Å². The summed E-state index contributed by atoms with van der Waals surface area (Å²) in [6.45, 7) is 4.66. The Hall–Kier alpha value is -2.47. The quantitative estimate of drug-likeness (QED) is 0.578. The molecule has 0 saturated carbocycles. The van der Waals surface area contributed by atoms with Crippen LogP contribution in [0.1, 0.15) is 19.4 Å². The fourth-order valence-electron chi connectivity index (χ4n) is 2.04. The number of aromatic amines is 1. The van der Waals surface area contributed by atoms with E-state index in [0.717, 1.165) is 0 Å². The summed E-state index contributed by atoms with van der Waals surface area (Å²) in [6.07, 6.45) is -0.730. The molecule has 8 heteroatoms. The number of benzene rings is 1. The minimum Gasteiger partial charge on any atom is -0.489 e. The molecule has 0 amide bonds. The topological polar surface area (TPSA) is 103 Å². The van der Waals surface area contributed by atoms with Crippen LogP contribution in [0, 0.1) is 16.0 Å². The maximum Gasteiger partial charge on any atom is 0.231 e. The van der Waals surface area contributed by atoms with Gasteiger partial charge in [0, 0.05) is 18.2 Å². The van der Waals surface area contributed by atoms with Gasteiger partial charge in [-0.3, -0.25) is 5.10 Å². The Balaban J connectivity index is 1.76. The van der Waals surface area contributed by atoms with E-state index in [4.69, 9.17) is 27.0 Å². The third-order valence-corrected chi connectivity index (χ3v) is 3.72. The van der Waals surface area contributed by atoms with Crippen LogP contribution in [0.4, 0.5) is 0 Å².